The molecular formula is C18H14Cl2N2O. The molecule has 0 aliphatic carbocycles. The monoisotopic (exact) mass is 344 g/mol. The molecule has 1 heterocycles. The topological polar surface area (TPSA) is 42.0 Å². The van der Waals surface area contributed by atoms with Gasteiger partial charge < -0.3 is 5.32 Å². The van der Waals surface area contributed by atoms with Crippen LogP contribution >= 0.6 is 23.2 Å². The van der Waals surface area contributed by atoms with Gasteiger partial charge in [-0.2, -0.15) is 0 Å². The minimum absolute atomic E-state index is 0.240. The summed E-state index contributed by atoms with van der Waals surface area (Å²) in [5, 5.41) is 4.36. The van der Waals surface area contributed by atoms with E-state index in [9.17, 15) is 4.79 Å². The predicted molar refractivity (Wildman–Crippen MR) is 95.6 cm³/mol. The maximum Gasteiger partial charge on any atom is 0.256 e. The predicted octanol–water partition coefficient (Wildman–Crippen LogP) is 5.41. The number of aryl methyl sites for hydroxylation is 2. The summed E-state index contributed by atoms with van der Waals surface area (Å²) in [5.74, 6) is -0.240. The first kappa shape index (κ1) is 15.8. The molecule has 2 aromatic carbocycles. The summed E-state index contributed by atoms with van der Waals surface area (Å²) in [7, 11) is 0. The van der Waals surface area contributed by atoms with Crippen molar-refractivity contribution in [2.45, 2.75) is 13.8 Å². The van der Waals surface area contributed by atoms with Gasteiger partial charge in [0.1, 0.15) is 0 Å². The molecule has 1 N–H and O–H groups in total. The molecule has 0 spiro atoms. The van der Waals surface area contributed by atoms with Gasteiger partial charge in [0.2, 0.25) is 0 Å². The SMILES string of the molecule is Cc1ccc2nc(C)cc(C(=O)Nc3cccc(Cl)c3Cl)c2c1. The minimum Gasteiger partial charge on any atom is -0.321 e. The van der Waals surface area contributed by atoms with Crippen LogP contribution in [-0.2, 0) is 0 Å². The van der Waals surface area contributed by atoms with Crippen molar-refractivity contribution in [2.75, 3.05) is 5.32 Å². The van der Waals surface area contributed by atoms with Crippen molar-refractivity contribution < 1.29 is 4.79 Å². The van der Waals surface area contributed by atoms with Crippen molar-refractivity contribution in [3.05, 3.63) is 69.3 Å². The minimum atomic E-state index is -0.240. The molecular weight excluding hydrogens is 331 g/mol. The van der Waals surface area contributed by atoms with Gasteiger partial charge in [-0.3, -0.25) is 9.78 Å². The largest absolute Gasteiger partial charge is 0.321 e. The summed E-state index contributed by atoms with van der Waals surface area (Å²) < 4.78 is 0. The molecule has 0 unspecified atom stereocenters. The second-order valence-corrected chi connectivity index (χ2v) is 6.17. The zero-order valence-corrected chi connectivity index (χ0v) is 14.2. The number of amides is 1. The highest BCUT2D eigenvalue weighted by Gasteiger charge is 2.14. The van der Waals surface area contributed by atoms with Gasteiger partial charge in [0.05, 0.1) is 26.8 Å². The molecule has 0 saturated heterocycles. The molecule has 1 amide bonds. The lowest BCUT2D eigenvalue weighted by Crippen LogP contribution is -2.13. The van der Waals surface area contributed by atoms with Gasteiger partial charge in [0.15, 0.2) is 0 Å². The lowest BCUT2D eigenvalue weighted by atomic mass is 10.0. The van der Waals surface area contributed by atoms with Gasteiger partial charge in [-0.1, -0.05) is 40.9 Å². The zero-order valence-electron chi connectivity index (χ0n) is 12.7. The van der Waals surface area contributed by atoms with E-state index in [1.54, 1.807) is 24.3 Å². The van der Waals surface area contributed by atoms with Crippen LogP contribution in [0.2, 0.25) is 10.0 Å². The van der Waals surface area contributed by atoms with Gasteiger partial charge in [0, 0.05) is 11.1 Å². The van der Waals surface area contributed by atoms with E-state index in [1.165, 1.54) is 0 Å². The van der Waals surface area contributed by atoms with Crippen LogP contribution in [0.4, 0.5) is 5.69 Å². The fourth-order valence-corrected chi connectivity index (χ4v) is 2.80. The smallest absolute Gasteiger partial charge is 0.256 e. The molecule has 116 valence electrons. The lowest BCUT2D eigenvalue weighted by molar-refractivity contribution is 0.102. The fraction of sp³-hybridized carbons (Fsp3) is 0.111. The molecule has 3 rings (SSSR count). The van der Waals surface area contributed by atoms with Crippen LogP contribution < -0.4 is 5.32 Å². The molecule has 1 aromatic heterocycles. The second kappa shape index (κ2) is 6.19. The van der Waals surface area contributed by atoms with E-state index >= 15 is 0 Å². The molecule has 0 fully saturated rings. The Bertz CT molecular complexity index is 922. The Morgan fingerprint density at radius 3 is 2.65 bits per heavy atom. The van der Waals surface area contributed by atoms with Gasteiger partial charge in [0.25, 0.3) is 5.91 Å². The summed E-state index contributed by atoms with van der Waals surface area (Å²) in [5.41, 5.74) is 3.69. The number of halogens is 2. The summed E-state index contributed by atoms with van der Waals surface area (Å²) in [6.45, 7) is 3.84. The third-order valence-electron chi connectivity index (χ3n) is 3.54. The van der Waals surface area contributed by atoms with Crippen LogP contribution in [0.5, 0.6) is 0 Å². The number of fused-ring (bicyclic) bond motifs is 1. The number of nitrogens with one attached hydrogen (secondary N) is 1. The second-order valence-electron chi connectivity index (χ2n) is 5.39. The molecule has 0 atom stereocenters. The van der Waals surface area contributed by atoms with Gasteiger partial charge in [-0.05, 0) is 44.2 Å². The van der Waals surface area contributed by atoms with Crippen molar-refractivity contribution in [3.8, 4) is 0 Å². The van der Waals surface area contributed by atoms with E-state index in [-0.39, 0.29) is 5.91 Å². The number of hydrogen-bond donors (Lipinski definition) is 1. The third kappa shape index (κ3) is 3.16. The molecule has 0 bridgehead atoms. The maximum atomic E-state index is 12.7. The Morgan fingerprint density at radius 2 is 1.87 bits per heavy atom. The number of hydrogen-bond acceptors (Lipinski definition) is 2. The van der Waals surface area contributed by atoms with Crippen LogP contribution in [0.1, 0.15) is 21.6 Å². The standard InChI is InChI=1S/C18H14Cl2N2O/c1-10-6-7-15-12(8-10)13(9-11(2)21-15)18(23)22-16-5-3-4-14(19)17(16)20/h3-9H,1-2H3,(H,22,23). The lowest BCUT2D eigenvalue weighted by Gasteiger charge is -2.11. The first-order valence-corrected chi connectivity index (χ1v) is 7.84. The van der Waals surface area contributed by atoms with Gasteiger partial charge >= 0.3 is 0 Å². The first-order valence-electron chi connectivity index (χ1n) is 7.09. The van der Waals surface area contributed by atoms with Crippen LogP contribution in [-0.4, -0.2) is 10.9 Å². The Kier molecular flexibility index (Phi) is 4.24. The van der Waals surface area contributed by atoms with Gasteiger partial charge in [-0.25, -0.2) is 0 Å². The molecule has 0 radical (unpaired) electrons. The highest BCUT2D eigenvalue weighted by molar-refractivity contribution is 6.44. The number of anilines is 1. The zero-order chi connectivity index (χ0) is 16.6. The number of aromatic nitrogens is 1. The Labute approximate surface area is 144 Å². The van der Waals surface area contributed by atoms with E-state index in [1.807, 2.05) is 32.0 Å². The average molecular weight is 345 g/mol. The van der Waals surface area contributed by atoms with E-state index in [0.717, 1.165) is 22.2 Å². The quantitative estimate of drug-likeness (QED) is 0.675. The molecule has 5 heteroatoms. The number of rotatable bonds is 2. The van der Waals surface area contributed by atoms with E-state index < -0.39 is 0 Å². The number of pyridine rings is 1. The third-order valence-corrected chi connectivity index (χ3v) is 4.36. The molecule has 0 aliphatic rings. The number of nitrogens with zero attached hydrogens (tertiary/aromatic N) is 1. The Morgan fingerprint density at radius 1 is 1.09 bits per heavy atom. The van der Waals surface area contributed by atoms with E-state index in [0.29, 0.717) is 21.3 Å². The van der Waals surface area contributed by atoms with Crippen molar-refractivity contribution >= 4 is 45.7 Å². The van der Waals surface area contributed by atoms with Crippen LogP contribution in [0, 0.1) is 13.8 Å². The maximum absolute atomic E-state index is 12.7. The Balaban J connectivity index is 2.07. The number of carbonyl (C=O) groups excluding carboxylic acids is 1. The van der Waals surface area contributed by atoms with Crippen molar-refractivity contribution in [2.24, 2.45) is 0 Å². The average Bonchev–Trinajstić information content (AvgIpc) is 2.51. The fourth-order valence-electron chi connectivity index (χ4n) is 2.45. The summed E-state index contributed by atoms with van der Waals surface area (Å²) in [6.07, 6.45) is 0. The number of benzene rings is 2. The normalized spacial score (nSPS) is 10.8. The molecule has 0 aliphatic heterocycles. The summed E-state index contributed by atoms with van der Waals surface area (Å²) >= 11 is 12.1. The van der Waals surface area contributed by atoms with E-state index in [4.69, 9.17) is 23.2 Å². The molecule has 3 nitrogen and oxygen atoms in total. The van der Waals surface area contributed by atoms with Gasteiger partial charge in [-0.15, -0.1) is 0 Å². The highest BCUT2D eigenvalue weighted by Crippen LogP contribution is 2.30. The highest BCUT2D eigenvalue weighted by atomic mass is 35.5. The Hall–Kier alpha value is -2.10. The van der Waals surface area contributed by atoms with Crippen LogP contribution in [0.15, 0.2) is 42.5 Å². The molecule has 23 heavy (non-hydrogen) atoms. The van der Waals surface area contributed by atoms with E-state index in [2.05, 4.69) is 10.3 Å². The summed E-state index contributed by atoms with van der Waals surface area (Å²) in [6, 6.07) is 12.8. The number of carbonyl (C=O) groups is 1. The first-order chi connectivity index (χ1) is 11.0. The molecule has 3 aromatic rings. The van der Waals surface area contributed by atoms with Crippen LogP contribution in [0.3, 0.4) is 0 Å². The van der Waals surface area contributed by atoms with Crippen molar-refractivity contribution in [3.63, 3.8) is 0 Å². The van der Waals surface area contributed by atoms with Crippen molar-refractivity contribution in [1.82, 2.24) is 4.98 Å². The molecule has 0 saturated carbocycles. The summed E-state index contributed by atoms with van der Waals surface area (Å²) in [4.78, 5) is 17.2. The van der Waals surface area contributed by atoms with Crippen LogP contribution in [0.25, 0.3) is 10.9 Å². The van der Waals surface area contributed by atoms with Crippen molar-refractivity contribution in [1.29, 1.82) is 0 Å².